The van der Waals surface area contributed by atoms with Gasteiger partial charge in [0.15, 0.2) is 5.96 Å². The van der Waals surface area contributed by atoms with Crippen molar-refractivity contribution in [1.29, 1.82) is 0 Å². The highest BCUT2D eigenvalue weighted by Crippen LogP contribution is 2.32. The SMILES string of the molecule is Cc1ccc(Cl)c(NC(N)=NC(C)(C)C)c1Cl. The molecule has 0 atom stereocenters. The number of aryl methyl sites for hydroxylation is 1. The van der Waals surface area contributed by atoms with Gasteiger partial charge in [0.2, 0.25) is 0 Å². The molecule has 0 radical (unpaired) electrons. The molecule has 1 aromatic carbocycles. The van der Waals surface area contributed by atoms with Gasteiger partial charge in [-0.3, -0.25) is 0 Å². The highest BCUT2D eigenvalue weighted by Gasteiger charge is 2.12. The average Bonchev–Trinajstić information content (AvgIpc) is 2.16. The molecule has 0 unspecified atom stereocenters. The zero-order valence-corrected chi connectivity index (χ0v) is 11.9. The number of halogens is 2. The van der Waals surface area contributed by atoms with Crippen LogP contribution in [0.15, 0.2) is 17.1 Å². The van der Waals surface area contributed by atoms with Gasteiger partial charge in [-0.05, 0) is 39.3 Å². The van der Waals surface area contributed by atoms with Crippen molar-refractivity contribution < 1.29 is 0 Å². The molecule has 0 aromatic heterocycles. The molecule has 0 bridgehead atoms. The number of nitrogens with zero attached hydrogens (tertiary/aromatic N) is 1. The summed E-state index contributed by atoms with van der Waals surface area (Å²) in [6.07, 6.45) is 0. The van der Waals surface area contributed by atoms with Crippen molar-refractivity contribution in [3.05, 3.63) is 27.7 Å². The molecule has 94 valence electrons. The van der Waals surface area contributed by atoms with E-state index in [1.807, 2.05) is 33.8 Å². The Kier molecular flexibility index (Phi) is 4.28. The van der Waals surface area contributed by atoms with Crippen LogP contribution in [0.3, 0.4) is 0 Å². The standard InChI is InChI=1S/C12H17Cl2N3/c1-7-5-6-8(13)10(9(7)14)16-11(15)17-12(2,3)4/h5-6H,1-4H3,(H3,15,16,17). The van der Waals surface area contributed by atoms with Gasteiger partial charge in [0, 0.05) is 0 Å². The van der Waals surface area contributed by atoms with Crippen LogP contribution in [0.5, 0.6) is 0 Å². The van der Waals surface area contributed by atoms with Crippen LogP contribution in [0.1, 0.15) is 26.3 Å². The van der Waals surface area contributed by atoms with E-state index in [1.54, 1.807) is 6.07 Å². The zero-order chi connectivity index (χ0) is 13.2. The second-order valence-electron chi connectivity index (χ2n) is 4.85. The van der Waals surface area contributed by atoms with Crippen molar-refractivity contribution in [1.82, 2.24) is 0 Å². The lowest BCUT2D eigenvalue weighted by atomic mass is 10.1. The predicted molar refractivity (Wildman–Crippen MR) is 76.2 cm³/mol. The first kappa shape index (κ1) is 14.1. The predicted octanol–water partition coefficient (Wildman–Crippen LogP) is 3.83. The summed E-state index contributed by atoms with van der Waals surface area (Å²) >= 11 is 12.2. The van der Waals surface area contributed by atoms with Crippen molar-refractivity contribution in [3.63, 3.8) is 0 Å². The van der Waals surface area contributed by atoms with Crippen LogP contribution >= 0.6 is 23.2 Å². The summed E-state index contributed by atoms with van der Waals surface area (Å²) < 4.78 is 0. The van der Waals surface area contributed by atoms with Crippen molar-refractivity contribution in [2.24, 2.45) is 10.7 Å². The number of nitrogens with two attached hydrogens (primary N) is 1. The van der Waals surface area contributed by atoms with Crippen LogP contribution in [0.2, 0.25) is 10.0 Å². The van der Waals surface area contributed by atoms with E-state index in [2.05, 4.69) is 10.3 Å². The van der Waals surface area contributed by atoms with Crippen molar-refractivity contribution in [3.8, 4) is 0 Å². The molecule has 0 heterocycles. The second kappa shape index (κ2) is 5.15. The average molecular weight is 274 g/mol. The fraction of sp³-hybridized carbons (Fsp3) is 0.417. The summed E-state index contributed by atoms with van der Waals surface area (Å²) in [4.78, 5) is 4.28. The smallest absolute Gasteiger partial charge is 0.193 e. The van der Waals surface area contributed by atoms with Gasteiger partial charge < -0.3 is 11.1 Å². The summed E-state index contributed by atoms with van der Waals surface area (Å²) in [5.74, 6) is 0.298. The van der Waals surface area contributed by atoms with Gasteiger partial charge in [0.1, 0.15) is 0 Å². The molecule has 1 aromatic rings. The molecule has 0 aliphatic heterocycles. The number of aliphatic imine (C=N–C) groups is 1. The fourth-order valence-corrected chi connectivity index (χ4v) is 1.75. The van der Waals surface area contributed by atoms with Crippen LogP contribution < -0.4 is 11.1 Å². The van der Waals surface area contributed by atoms with E-state index < -0.39 is 0 Å². The first-order valence-corrected chi connectivity index (χ1v) is 6.03. The first-order chi connectivity index (χ1) is 7.70. The van der Waals surface area contributed by atoms with Crippen LogP contribution in [0.25, 0.3) is 0 Å². The Labute approximate surface area is 112 Å². The quantitative estimate of drug-likeness (QED) is 0.604. The summed E-state index contributed by atoms with van der Waals surface area (Å²) in [5, 5.41) is 4.02. The highest BCUT2D eigenvalue weighted by molar-refractivity contribution is 6.40. The molecule has 0 aliphatic rings. The van der Waals surface area contributed by atoms with Gasteiger partial charge in [0.25, 0.3) is 0 Å². The summed E-state index contributed by atoms with van der Waals surface area (Å²) in [6.45, 7) is 7.78. The van der Waals surface area contributed by atoms with E-state index in [-0.39, 0.29) is 5.54 Å². The molecule has 17 heavy (non-hydrogen) atoms. The monoisotopic (exact) mass is 273 g/mol. The lowest BCUT2D eigenvalue weighted by molar-refractivity contribution is 0.583. The van der Waals surface area contributed by atoms with Gasteiger partial charge in [0.05, 0.1) is 21.3 Å². The van der Waals surface area contributed by atoms with Crippen LogP contribution in [-0.4, -0.2) is 11.5 Å². The zero-order valence-electron chi connectivity index (χ0n) is 10.4. The number of hydrogen-bond donors (Lipinski definition) is 2. The Morgan fingerprint density at radius 2 is 1.88 bits per heavy atom. The number of guanidine groups is 1. The molecule has 5 heteroatoms. The molecule has 3 N–H and O–H groups in total. The van der Waals surface area contributed by atoms with Gasteiger partial charge in [-0.1, -0.05) is 29.3 Å². The van der Waals surface area contributed by atoms with E-state index in [1.165, 1.54) is 0 Å². The normalized spacial score (nSPS) is 12.7. The van der Waals surface area contributed by atoms with Crippen LogP contribution in [-0.2, 0) is 0 Å². The fourth-order valence-electron chi connectivity index (χ4n) is 1.29. The maximum absolute atomic E-state index is 6.16. The Morgan fingerprint density at radius 3 is 2.41 bits per heavy atom. The summed E-state index contributed by atoms with van der Waals surface area (Å²) in [7, 11) is 0. The molecular formula is C12H17Cl2N3. The van der Waals surface area contributed by atoms with Crippen LogP contribution in [0, 0.1) is 6.92 Å². The maximum Gasteiger partial charge on any atom is 0.193 e. The minimum Gasteiger partial charge on any atom is -0.370 e. The Hall–Kier alpha value is -0.930. The van der Waals surface area contributed by atoms with E-state index in [9.17, 15) is 0 Å². The molecule has 0 spiro atoms. The Morgan fingerprint density at radius 1 is 1.29 bits per heavy atom. The third kappa shape index (κ3) is 4.10. The lowest BCUT2D eigenvalue weighted by Crippen LogP contribution is -2.27. The number of benzene rings is 1. The maximum atomic E-state index is 6.16. The Bertz CT molecular complexity index is 448. The van der Waals surface area contributed by atoms with E-state index >= 15 is 0 Å². The Balaban J connectivity index is 3.04. The molecule has 0 aliphatic carbocycles. The number of anilines is 1. The molecule has 3 nitrogen and oxygen atoms in total. The molecule has 0 saturated heterocycles. The van der Waals surface area contributed by atoms with E-state index in [4.69, 9.17) is 28.9 Å². The topological polar surface area (TPSA) is 50.4 Å². The number of rotatable bonds is 1. The van der Waals surface area contributed by atoms with Crippen molar-refractivity contribution in [2.45, 2.75) is 33.2 Å². The highest BCUT2D eigenvalue weighted by atomic mass is 35.5. The van der Waals surface area contributed by atoms with Gasteiger partial charge in [-0.2, -0.15) is 0 Å². The van der Waals surface area contributed by atoms with Crippen molar-refractivity contribution >= 4 is 34.8 Å². The van der Waals surface area contributed by atoms with Crippen LogP contribution in [0.4, 0.5) is 5.69 Å². The number of nitrogens with one attached hydrogen (secondary N) is 1. The largest absolute Gasteiger partial charge is 0.370 e. The summed E-state index contributed by atoms with van der Waals surface area (Å²) in [6, 6.07) is 3.63. The first-order valence-electron chi connectivity index (χ1n) is 5.27. The lowest BCUT2D eigenvalue weighted by Gasteiger charge is -2.16. The van der Waals surface area contributed by atoms with Gasteiger partial charge in [-0.25, -0.2) is 4.99 Å². The minimum absolute atomic E-state index is 0.250. The molecule has 0 fully saturated rings. The second-order valence-corrected chi connectivity index (χ2v) is 5.63. The molecule has 0 amide bonds. The molecule has 0 saturated carbocycles. The number of hydrogen-bond acceptors (Lipinski definition) is 1. The third-order valence-corrected chi connectivity index (χ3v) is 2.80. The van der Waals surface area contributed by atoms with Crippen molar-refractivity contribution in [2.75, 3.05) is 5.32 Å². The van der Waals surface area contributed by atoms with E-state index in [0.29, 0.717) is 21.7 Å². The van der Waals surface area contributed by atoms with Gasteiger partial charge in [-0.15, -0.1) is 0 Å². The van der Waals surface area contributed by atoms with E-state index in [0.717, 1.165) is 5.56 Å². The third-order valence-electron chi connectivity index (χ3n) is 1.99. The molecular weight excluding hydrogens is 257 g/mol. The van der Waals surface area contributed by atoms with Gasteiger partial charge >= 0.3 is 0 Å². The molecule has 1 rings (SSSR count). The minimum atomic E-state index is -0.250. The summed E-state index contributed by atoms with van der Waals surface area (Å²) in [5.41, 5.74) is 7.08.